The van der Waals surface area contributed by atoms with Crippen molar-refractivity contribution < 1.29 is 39.8 Å². The van der Waals surface area contributed by atoms with Gasteiger partial charge in [0.25, 0.3) is 0 Å². The van der Waals surface area contributed by atoms with E-state index in [9.17, 15) is 30.3 Å². The maximum atomic E-state index is 13.0. The van der Waals surface area contributed by atoms with Crippen LogP contribution in [0.4, 0.5) is 0 Å². The van der Waals surface area contributed by atoms with Crippen molar-refractivity contribution in [3.05, 3.63) is 24.3 Å². The van der Waals surface area contributed by atoms with Crippen LogP contribution in [0.15, 0.2) is 24.3 Å². The average Bonchev–Trinajstić information content (AvgIpc) is 3.26. The summed E-state index contributed by atoms with van der Waals surface area (Å²) in [5, 5.41) is 54.2. The van der Waals surface area contributed by atoms with E-state index in [-0.39, 0.29) is 12.5 Å². The van der Waals surface area contributed by atoms with Gasteiger partial charge in [0, 0.05) is 6.42 Å². The van der Waals surface area contributed by atoms with Crippen molar-refractivity contribution in [2.75, 3.05) is 13.2 Å². The van der Waals surface area contributed by atoms with Gasteiger partial charge in [-0.1, -0.05) is 231 Å². The van der Waals surface area contributed by atoms with Crippen LogP contribution >= 0.6 is 0 Å². The predicted molar refractivity (Wildman–Crippen MR) is 253 cm³/mol. The lowest BCUT2D eigenvalue weighted by Crippen LogP contribution is -2.60. The topological polar surface area (TPSA) is 149 Å². The minimum absolute atomic E-state index is 0.183. The van der Waals surface area contributed by atoms with E-state index < -0.39 is 49.5 Å². The quantitative estimate of drug-likeness (QED) is 0.0262. The number of allylic oxidation sites excluding steroid dienone is 3. The minimum Gasteiger partial charge on any atom is -0.394 e. The van der Waals surface area contributed by atoms with Crippen molar-refractivity contribution in [1.82, 2.24) is 5.32 Å². The van der Waals surface area contributed by atoms with Crippen LogP contribution in [0.2, 0.25) is 0 Å². The van der Waals surface area contributed by atoms with Crippen LogP contribution in [0, 0.1) is 0 Å². The Balaban J connectivity index is 2.22. The molecule has 0 saturated carbocycles. The van der Waals surface area contributed by atoms with Gasteiger partial charge in [-0.2, -0.15) is 0 Å². The van der Waals surface area contributed by atoms with Gasteiger partial charge < -0.3 is 40.3 Å². The first kappa shape index (κ1) is 57.7. The van der Waals surface area contributed by atoms with E-state index in [1.54, 1.807) is 6.08 Å². The molecule has 0 radical (unpaired) electrons. The summed E-state index contributed by atoms with van der Waals surface area (Å²) in [5.41, 5.74) is 0. The number of hydrogen-bond acceptors (Lipinski definition) is 8. The third kappa shape index (κ3) is 32.9. The fraction of sp³-hybridized carbons (Fsp3) is 0.904. The second-order valence-corrected chi connectivity index (χ2v) is 18.3. The number of amides is 1. The van der Waals surface area contributed by atoms with E-state index in [1.807, 2.05) is 6.08 Å². The van der Waals surface area contributed by atoms with Crippen molar-refractivity contribution in [2.24, 2.45) is 0 Å². The monoisotopic (exact) mass is 866 g/mol. The van der Waals surface area contributed by atoms with Crippen molar-refractivity contribution >= 4 is 5.91 Å². The molecular formula is C52H99NO8. The molecule has 0 aromatic rings. The van der Waals surface area contributed by atoms with Gasteiger partial charge in [0.15, 0.2) is 6.29 Å². The van der Waals surface area contributed by atoms with Gasteiger partial charge in [0.2, 0.25) is 5.91 Å². The first-order chi connectivity index (χ1) is 29.8. The average molecular weight is 866 g/mol. The molecule has 61 heavy (non-hydrogen) atoms. The van der Waals surface area contributed by atoms with E-state index in [0.717, 1.165) is 38.5 Å². The molecule has 360 valence electrons. The smallest absolute Gasteiger partial charge is 0.220 e. The number of rotatable bonds is 44. The third-order valence-electron chi connectivity index (χ3n) is 12.5. The third-order valence-corrected chi connectivity index (χ3v) is 12.5. The molecule has 0 aromatic carbocycles. The van der Waals surface area contributed by atoms with Gasteiger partial charge in [-0.3, -0.25) is 4.79 Å². The second-order valence-electron chi connectivity index (χ2n) is 18.3. The molecule has 1 heterocycles. The zero-order valence-corrected chi connectivity index (χ0v) is 39.7. The number of carbonyl (C=O) groups excluding carboxylic acids is 1. The highest BCUT2D eigenvalue weighted by Gasteiger charge is 2.44. The number of unbranched alkanes of at least 4 members (excludes halogenated alkanes) is 32. The molecular weight excluding hydrogens is 767 g/mol. The molecule has 9 nitrogen and oxygen atoms in total. The van der Waals surface area contributed by atoms with E-state index in [4.69, 9.17) is 9.47 Å². The molecule has 1 amide bonds. The van der Waals surface area contributed by atoms with Gasteiger partial charge in [-0.25, -0.2) is 0 Å². The van der Waals surface area contributed by atoms with Crippen LogP contribution in [0.3, 0.4) is 0 Å². The highest BCUT2D eigenvalue weighted by molar-refractivity contribution is 5.76. The van der Waals surface area contributed by atoms with E-state index in [1.165, 1.54) is 186 Å². The summed E-state index contributed by atoms with van der Waals surface area (Å²) in [6, 6.07) is -0.816. The molecule has 1 aliphatic heterocycles. The van der Waals surface area contributed by atoms with E-state index in [2.05, 4.69) is 31.3 Å². The number of hydrogen-bond donors (Lipinski definition) is 6. The molecule has 6 N–H and O–H groups in total. The summed E-state index contributed by atoms with van der Waals surface area (Å²) in [4.78, 5) is 13.0. The molecule has 0 aromatic heterocycles. The first-order valence-electron chi connectivity index (χ1n) is 26.1. The molecule has 0 spiro atoms. The minimum atomic E-state index is -1.57. The zero-order chi connectivity index (χ0) is 44.4. The van der Waals surface area contributed by atoms with Crippen LogP contribution in [-0.2, 0) is 14.3 Å². The molecule has 1 saturated heterocycles. The summed E-state index contributed by atoms with van der Waals surface area (Å²) in [5.74, 6) is -0.183. The molecule has 7 unspecified atom stereocenters. The number of carbonyl (C=O) groups is 1. The Bertz CT molecular complexity index is 1010. The number of aliphatic hydroxyl groups is 5. The largest absolute Gasteiger partial charge is 0.394 e. The van der Waals surface area contributed by atoms with Crippen LogP contribution in [0.25, 0.3) is 0 Å². The van der Waals surface area contributed by atoms with Crippen molar-refractivity contribution in [3.8, 4) is 0 Å². The Morgan fingerprint density at radius 2 is 0.934 bits per heavy atom. The molecule has 0 bridgehead atoms. The highest BCUT2D eigenvalue weighted by Crippen LogP contribution is 2.23. The number of aliphatic hydroxyl groups excluding tert-OH is 5. The van der Waals surface area contributed by atoms with Gasteiger partial charge in [-0.15, -0.1) is 0 Å². The van der Waals surface area contributed by atoms with Crippen molar-refractivity contribution in [3.63, 3.8) is 0 Å². The predicted octanol–water partition coefficient (Wildman–Crippen LogP) is 11.8. The Hall–Kier alpha value is -1.33. The number of ether oxygens (including phenoxy) is 2. The Labute approximate surface area is 375 Å². The molecule has 1 rings (SSSR count). The first-order valence-corrected chi connectivity index (χ1v) is 26.1. The normalized spacial score (nSPS) is 20.5. The summed E-state index contributed by atoms with van der Waals surface area (Å²) < 4.78 is 11.2. The van der Waals surface area contributed by atoms with E-state index >= 15 is 0 Å². The summed E-state index contributed by atoms with van der Waals surface area (Å²) >= 11 is 0. The van der Waals surface area contributed by atoms with Crippen LogP contribution in [-0.4, -0.2) is 87.5 Å². The van der Waals surface area contributed by atoms with Gasteiger partial charge in [0.1, 0.15) is 24.4 Å². The van der Waals surface area contributed by atoms with Crippen molar-refractivity contribution in [1.29, 1.82) is 0 Å². The maximum Gasteiger partial charge on any atom is 0.220 e. The highest BCUT2D eigenvalue weighted by atomic mass is 16.7. The molecule has 1 aliphatic rings. The fourth-order valence-corrected chi connectivity index (χ4v) is 8.35. The summed E-state index contributed by atoms with van der Waals surface area (Å²) in [7, 11) is 0. The van der Waals surface area contributed by atoms with Gasteiger partial charge >= 0.3 is 0 Å². The van der Waals surface area contributed by atoms with Crippen LogP contribution in [0.5, 0.6) is 0 Å². The Morgan fingerprint density at radius 1 is 0.541 bits per heavy atom. The van der Waals surface area contributed by atoms with E-state index in [0.29, 0.717) is 6.42 Å². The fourth-order valence-electron chi connectivity index (χ4n) is 8.35. The van der Waals surface area contributed by atoms with Crippen molar-refractivity contribution in [2.45, 2.75) is 288 Å². The lowest BCUT2D eigenvalue weighted by molar-refractivity contribution is -0.302. The lowest BCUT2D eigenvalue weighted by atomic mass is 9.99. The summed E-state index contributed by atoms with van der Waals surface area (Å²) in [6.45, 7) is 3.77. The molecule has 9 heteroatoms. The molecule has 7 atom stereocenters. The van der Waals surface area contributed by atoms with Crippen LogP contribution < -0.4 is 5.32 Å². The lowest BCUT2D eigenvalue weighted by Gasteiger charge is -2.40. The zero-order valence-electron chi connectivity index (χ0n) is 39.7. The summed E-state index contributed by atoms with van der Waals surface area (Å²) in [6.07, 6.45) is 45.3. The maximum absolute atomic E-state index is 13.0. The SMILES string of the molecule is CCCCCCCCC/C=C/CC/C=C/C(O)C(COC1OC(CO)C(O)C(O)C1O)NC(=O)CCCCCCCCCCCCCCCCCCCCCCCCCCC. The second kappa shape index (κ2) is 42.6. The van der Waals surface area contributed by atoms with Gasteiger partial charge in [0.05, 0.1) is 25.4 Å². The molecule has 1 fully saturated rings. The number of nitrogens with one attached hydrogen (secondary N) is 1. The Kier molecular flexibility index (Phi) is 40.3. The van der Waals surface area contributed by atoms with Crippen LogP contribution in [0.1, 0.15) is 245 Å². The molecule has 0 aliphatic carbocycles. The standard InChI is InChI=1S/C52H99NO8/c1-3-5-7-9-11-13-15-17-18-19-20-21-22-23-24-25-26-27-28-30-32-34-36-38-40-42-48(56)53-45(44-60-52-51(59)50(58)49(57)47(43-54)61-52)46(55)41-39-37-35-33-31-29-16-14-12-10-8-6-4-2/h31,33,39,41,45-47,49-52,54-55,57-59H,3-30,32,34-38,40,42-44H2,1-2H3,(H,53,56)/b33-31+,41-39+. The van der Waals surface area contributed by atoms with Gasteiger partial charge in [-0.05, 0) is 32.1 Å². The Morgan fingerprint density at radius 3 is 1.38 bits per heavy atom.